The second kappa shape index (κ2) is 5.40. The zero-order chi connectivity index (χ0) is 13.1. The van der Waals surface area contributed by atoms with Crippen LogP contribution in [-0.4, -0.2) is 28.7 Å². The number of aromatic amines is 1. The normalized spacial score (nSPS) is 11.4. The van der Waals surface area contributed by atoms with Crippen molar-refractivity contribution in [3.63, 3.8) is 0 Å². The van der Waals surface area contributed by atoms with Crippen molar-refractivity contribution >= 4 is 0 Å². The van der Waals surface area contributed by atoms with Gasteiger partial charge in [-0.15, -0.1) is 0 Å². The summed E-state index contributed by atoms with van der Waals surface area (Å²) in [5, 5.41) is 7.25. The molecule has 2 aromatic heterocycles. The number of furan rings is 1. The van der Waals surface area contributed by atoms with Crippen LogP contribution in [-0.2, 0) is 13.0 Å². The van der Waals surface area contributed by atoms with Gasteiger partial charge in [0.05, 0.1) is 18.5 Å². The van der Waals surface area contributed by atoms with Crippen molar-refractivity contribution in [1.29, 1.82) is 0 Å². The van der Waals surface area contributed by atoms with Gasteiger partial charge in [-0.1, -0.05) is 0 Å². The Bertz CT molecular complexity index is 493. The van der Waals surface area contributed by atoms with E-state index in [0.717, 1.165) is 31.0 Å². The molecule has 0 saturated heterocycles. The number of nitrogens with one attached hydrogen (secondary N) is 1. The van der Waals surface area contributed by atoms with Crippen molar-refractivity contribution in [1.82, 2.24) is 15.1 Å². The van der Waals surface area contributed by atoms with Crippen LogP contribution in [0.1, 0.15) is 28.3 Å². The Morgan fingerprint density at radius 2 is 2.11 bits per heavy atom. The molecule has 0 unspecified atom stereocenters. The number of aromatic nitrogens is 2. The van der Waals surface area contributed by atoms with Gasteiger partial charge >= 0.3 is 0 Å². The minimum absolute atomic E-state index is 0.856. The van der Waals surface area contributed by atoms with Gasteiger partial charge in [0, 0.05) is 12.2 Å². The monoisotopic (exact) mass is 247 g/mol. The Balaban J connectivity index is 1.89. The predicted octanol–water partition coefficient (Wildman–Crippen LogP) is 2.60. The molecule has 0 spiro atoms. The van der Waals surface area contributed by atoms with E-state index in [1.54, 1.807) is 6.26 Å². The highest BCUT2D eigenvalue weighted by Gasteiger charge is 2.09. The lowest BCUT2D eigenvalue weighted by atomic mass is 10.1. The lowest BCUT2D eigenvalue weighted by Gasteiger charge is -2.15. The number of rotatable bonds is 5. The van der Waals surface area contributed by atoms with E-state index in [0.29, 0.717) is 0 Å². The first-order valence-corrected chi connectivity index (χ1v) is 6.30. The fourth-order valence-corrected chi connectivity index (χ4v) is 2.14. The average molecular weight is 247 g/mol. The number of hydrogen-bond donors (Lipinski definition) is 1. The quantitative estimate of drug-likeness (QED) is 0.883. The third-order valence-electron chi connectivity index (χ3n) is 3.41. The van der Waals surface area contributed by atoms with Gasteiger partial charge in [-0.25, -0.2) is 0 Å². The maximum Gasteiger partial charge on any atom is 0.120 e. The van der Waals surface area contributed by atoms with Gasteiger partial charge in [0.2, 0.25) is 0 Å². The van der Waals surface area contributed by atoms with Crippen LogP contribution in [0.5, 0.6) is 0 Å². The number of likely N-dealkylation sites (N-methyl/N-ethyl adjacent to an activating group) is 1. The minimum Gasteiger partial charge on any atom is -0.468 e. The molecule has 4 heteroatoms. The smallest absolute Gasteiger partial charge is 0.120 e. The molecule has 0 fully saturated rings. The van der Waals surface area contributed by atoms with Crippen LogP contribution in [0, 0.1) is 20.8 Å². The Kier molecular flexibility index (Phi) is 3.87. The first-order chi connectivity index (χ1) is 8.58. The van der Waals surface area contributed by atoms with Crippen LogP contribution < -0.4 is 0 Å². The molecule has 4 nitrogen and oxygen atoms in total. The number of hydrogen-bond acceptors (Lipinski definition) is 3. The summed E-state index contributed by atoms with van der Waals surface area (Å²) in [7, 11) is 2.12. The number of nitrogens with zero attached hydrogens (tertiary/aromatic N) is 2. The summed E-state index contributed by atoms with van der Waals surface area (Å²) >= 11 is 0. The number of H-pyrrole nitrogens is 1. The lowest BCUT2D eigenvalue weighted by Crippen LogP contribution is -2.21. The third kappa shape index (κ3) is 2.82. The molecule has 0 aliphatic rings. The molecule has 0 amide bonds. The molecule has 2 heterocycles. The van der Waals surface area contributed by atoms with Gasteiger partial charge in [-0.05, 0) is 51.4 Å². The zero-order valence-corrected chi connectivity index (χ0v) is 11.6. The summed E-state index contributed by atoms with van der Waals surface area (Å²) in [6.45, 7) is 8.06. The van der Waals surface area contributed by atoms with E-state index in [2.05, 4.69) is 42.9 Å². The SMILES string of the molecule is Cc1ccoc1CN(C)CCc1c(C)n[nH]c1C. The maximum atomic E-state index is 5.46. The van der Waals surface area contributed by atoms with Crippen molar-refractivity contribution in [2.45, 2.75) is 33.7 Å². The van der Waals surface area contributed by atoms with Crippen molar-refractivity contribution in [3.05, 3.63) is 40.6 Å². The first kappa shape index (κ1) is 12.9. The van der Waals surface area contributed by atoms with Gasteiger partial charge in [0.1, 0.15) is 5.76 Å². The highest BCUT2D eigenvalue weighted by molar-refractivity contribution is 5.23. The molecule has 0 aliphatic carbocycles. The molecule has 1 N–H and O–H groups in total. The molecule has 0 bridgehead atoms. The lowest BCUT2D eigenvalue weighted by molar-refractivity contribution is 0.297. The van der Waals surface area contributed by atoms with E-state index in [9.17, 15) is 0 Å². The molecule has 2 rings (SSSR count). The van der Waals surface area contributed by atoms with Gasteiger partial charge in [0.25, 0.3) is 0 Å². The fourth-order valence-electron chi connectivity index (χ4n) is 2.14. The summed E-state index contributed by atoms with van der Waals surface area (Å²) in [5.41, 5.74) is 4.83. The Morgan fingerprint density at radius 1 is 1.33 bits per heavy atom. The maximum absolute atomic E-state index is 5.46. The molecule has 0 aliphatic heterocycles. The zero-order valence-electron chi connectivity index (χ0n) is 11.6. The van der Waals surface area contributed by atoms with Crippen molar-refractivity contribution < 1.29 is 4.42 Å². The van der Waals surface area contributed by atoms with Crippen LogP contribution in [0.25, 0.3) is 0 Å². The van der Waals surface area contributed by atoms with E-state index in [1.165, 1.54) is 16.8 Å². The van der Waals surface area contributed by atoms with Crippen molar-refractivity contribution in [2.75, 3.05) is 13.6 Å². The highest BCUT2D eigenvalue weighted by Crippen LogP contribution is 2.13. The van der Waals surface area contributed by atoms with Gasteiger partial charge in [-0.2, -0.15) is 5.10 Å². The Labute approximate surface area is 108 Å². The van der Waals surface area contributed by atoms with Crippen LogP contribution in [0.15, 0.2) is 16.7 Å². The summed E-state index contributed by atoms with van der Waals surface area (Å²) < 4.78 is 5.46. The molecular formula is C14H21N3O. The molecule has 2 aromatic rings. The second-order valence-corrected chi connectivity index (χ2v) is 4.93. The predicted molar refractivity (Wildman–Crippen MR) is 71.5 cm³/mol. The van der Waals surface area contributed by atoms with Crippen LogP contribution in [0.4, 0.5) is 0 Å². The summed E-state index contributed by atoms with van der Waals surface area (Å²) in [6.07, 6.45) is 2.77. The highest BCUT2D eigenvalue weighted by atomic mass is 16.3. The molecular weight excluding hydrogens is 226 g/mol. The molecule has 0 aromatic carbocycles. The van der Waals surface area contributed by atoms with Crippen molar-refractivity contribution in [3.8, 4) is 0 Å². The van der Waals surface area contributed by atoms with E-state index in [4.69, 9.17) is 4.42 Å². The van der Waals surface area contributed by atoms with Gasteiger partial charge in [0.15, 0.2) is 0 Å². The van der Waals surface area contributed by atoms with E-state index >= 15 is 0 Å². The first-order valence-electron chi connectivity index (χ1n) is 6.30. The van der Waals surface area contributed by atoms with Crippen molar-refractivity contribution in [2.24, 2.45) is 0 Å². The molecule has 0 atom stereocenters. The topological polar surface area (TPSA) is 45.1 Å². The summed E-state index contributed by atoms with van der Waals surface area (Å²) in [5.74, 6) is 1.05. The summed E-state index contributed by atoms with van der Waals surface area (Å²) in [6, 6.07) is 2.01. The fraction of sp³-hybridized carbons (Fsp3) is 0.500. The largest absolute Gasteiger partial charge is 0.468 e. The molecule has 98 valence electrons. The van der Waals surface area contributed by atoms with Crippen LogP contribution in [0.3, 0.4) is 0 Å². The minimum atomic E-state index is 0.856. The Hall–Kier alpha value is -1.55. The van der Waals surface area contributed by atoms with E-state index in [1.807, 2.05) is 6.07 Å². The molecule has 0 radical (unpaired) electrons. The second-order valence-electron chi connectivity index (χ2n) is 4.93. The Morgan fingerprint density at radius 3 is 2.67 bits per heavy atom. The van der Waals surface area contributed by atoms with Gasteiger partial charge < -0.3 is 4.42 Å². The van der Waals surface area contributed by atoms with E-state index < -0.39 is 0 Å². The van der Waals surface area contributed by atoms with Crippen LogP contribution >= 0.6 is 0 Å². The summed E-state index contributed by atoms with van der Waals surface area (Å²) in [4.78, 5) is 2.28. The standard InChI is InChI=1S/C14H21N3O/c1-10-6-8-18-14(10)9-17(4)7-5-13-11(2)15-16-12(13)3/h6,8H,5,7,9H2,1-4H3,(H,15,16). The number of aryl methyl sites for hydroxylation is 3. The molecule has 0 saturated carbocycles. The van der Waals surface area contributed by atoms with Gasteiger partial charge in [-0.3, -0.25) is 10.00 Å². The van der Waals surface area contributed by atoms with Crippen LogP contribution in [0.2, 0.25) is 0 Å². The average Bonchev–Trinajstić information content (AvgIpc) is 2.85. The molecule has 18 heavy (non-hydrogen) atoms. The van der Waals surface area contributed by atoms with E-state index in [-0.39, 0.29) is 0 Å². The third-order valence-corrected chi connectivity index (χ3v) is 3.41.